The van der Waals surface area contributed by atoms with Crippen LogP contribution in [0.25, 0.3) is 0 Å². The molecule has 1 amide bonds. The minimum absolute atomic E-state index is 0.0802. The fraction of sp³-hybridized carbons (Fsp3) is 0.462. The Bertz CT molecular complexity index is 444. The van der Waals surface area contributed by atoms with Crippen LogP contribution in [0.3, 0.4) is 0 Å². The van der Waals surface area contributed by atoms with Crippen LogP contribution in [-0.4, -0.2) is 23.5 Å². The minimum atomic E-state index is -0.434. The van der Waals surface area contributed by atoms with Gasteiger partial charge in [0, 0.05) is 12.6 Å². The summed E-state index contributed by atoms with van der Waals surface area (Å²) in [6, 6.07) is 1.59. The van der Waals surface area contributed by atoms with Gasteiger partial charge in [0.2, 0.25) is 5.91 Å². The molecule has 0 bridgehead atoms. The van der Waals surface area contributed by atoms with E-state index in [9.17, 15) is 9.59 Å². The predicted molar refractivity (Wildman–Crippen MR) is 68.5 cm³/mol. The number of aryl methyl sites for hydroxylation is 1. The number of nitrogens with one attached hydrogen (secondary N) is 1. The van der Waals surface area contributed by atoms with Gasteiger partial charge in [-0.15, -0.1) is 0 Å². The third-order valence-corrected chi connectivity index (χ3v) is 2.35. The zero-order chi connectivity index (χ0) is 13.5. The second-order valence-corrected chi connectivity index (χ2v) is 3.88. The van der Waals surface area contributed by atoms with Gasteiger partial charge in [-0.05, 0) is 26.3 Å². The fourth-order valence-corrected chi connectivity index (χ4v) is 1.43. The van der Waals surface area contributed by atoms with Gasteiger partial charge in [0.25, 0.3) is 0 Å². The van der Waals surface area contributed by atoms with Crippen LogP contribution in [0, 0.1) is 6.92 Å². The molecule has 0 aliphatic carbocycles. The fourth-order valence-electron chi connectivity index (χ4n) is 1.43. The van der Waals surface area contributed by atoms with Crippen molar-refractivity contribution in [2.75, 3.05) is 11.9 Å². The Labute approximate surface area is 107 Å². The molecule has 1 heterocycles. The number of pyridine rings is 1. The van der Waals surface area contributed by atoms with E-state index in [1.54, 1.807) is 19.9 Å². The molecule has 1 N–H and O–H groups in total. The van der Waals surface area contributed by atoms with Gasteiger partial charge in [-0.3, -0.25) is 9.78 Å². The first kappa shape index (κ1) is 14.2. The number of hydrogen-bond donors (Lipinski definition) is 1. The normalized spacial score (nSPS) is 9.94. The van der Waals surface area contributed by atoms with Crippen molar-refractivity contribution in [1.82, 2.24) is 4.98 Å². The molecule has 0 saturated heterocycles. The number of carbonyl (C=O) groups is 2. The van der Waals surface area contributed by atoms with Crippen LogP contribution >= 0.6 is 0 Å². The maximum Gasteiger partial charge on any atom is 0.339 e. The average Bonchev–Trinajstić information content (AvgIpc) is 2.32. The first-order chi connectivity index (χ1) is 8.58. The van der Waals surface area contributed by atoms with Gasteiger partial charge < -0.3 is 10.1 Å². The Kier molecular flexibility index (Phi) is 5.30. The molecule has 18 heavy (non-hydrogen) atoms. The number of nitrogens with zero attached hydrogens (tertiary/aromatic N) is 1. The van der Waals surface area contributed by atoms with Crippen molar-refractivity contribution in [3.63, 3.8) is 0 Å². The van der Waals surface area contributed by atoms with E-state index in [1.807, 2.05) is 6.92 Å². The van der Waals surface area contributed by atoms with Crippen molar-refractivity contribution in [2.45, 2.75) is 33.6 Å². The molecular weight excluding hydrogens is 232 g/mol. The molecule has 1 aromatic heterocycles. The molecular formula is C13H18N2O3. The largest absolute Gasteiger partial charge is 0.462 e. The number of aromatic nitrogens is 1. The number of hydrogen-bond acceptors (Lipinski definition) is 4. The van der Waals surface area contributed by atoms with Crippen LogP contribution in [0.1, 0.15) is 42.7 Å². The summed E-state index contributed by atoms with van der Waals surface area (Å²) >= 11 is 0. The molecule has 98 valence electrons. The molecule has 0 radical (unpaired) electrons. The molecule has 0 aliphatic heterocycles. The van der Waals surface area contributed by atoms with Gasteiger partial charge >= 0.3 is 5.97 Å². The van der Waals surface area contributed by atoms with E-state index >= 15 is 0 Å². The molecule has 5 heteroatoms. The van der Waals surface area contributed by atoms with Crippen LogP contribution in [0.15, 0.2) is 12.3 Å². The van der Waals surface area contributed by atoms with Gasteiger partial charge in [0.15, 0.2) is 0 Å². The first-order valence-electron chi connectivity index (χ1n) is 6.02. The van der Waals surface area contributed by atoms with Crippen molar-refractivity contribution in [2.24, 2.45) is 0 Å². The number of ether oxygens (including phenoxy) is 1. The lowest BCUT2D eigenvalue weighted by Crippen LogP contribution is -2.13. The quantitative estimate of drug-likeness (QED) is 0.814. The average molecular weight is 250 g/mol. The Balaban J connectivity index is 2.87. The molecule has 0 spiro atoms. The van der Waals surface area contributed by atoms with E-state index < -0.39 is 5.97 Å². The Morgan fingerprint density at radius 3 is 2.72 bits per heavy atom. The highest BCUT2D eigenvalue weighted by Gasteiger charge is 2.11. The lowest BCUT2D eigenvalue weighted by Gasteiger charge is -2.09. The Morgan fingerprint density at radius 2 is 2.11 bits per heavy atom. The molecule has 0 aliphatic rings. The van der Waals surface area contributed by atoms with E-state index in [1.165, 1.54) is 6.20 Å². The maximum atomic E-state index is 11.5. The lowest BCUT2D eigenvalue weighted by molar-refractivity contribution is -0.116. The molecule has 0 unspecified atom stereocenters. The molecule has 1 rings (SSSR count). The Morgan fingerprint density at radius 1 is 1.39 bits per heavy atom. The molecule has 5 nitrogen and oxygen atoms in total. The summed E-state index contributed by atoms with van der Waals surface area (Å²) in [6.45, 7) is 5.75. The second-order valence-electron chi connectivity index (χ2n) is 3.88. The maximum absolute atomic E-state index is 11.5. The number of esters is 1. The highest BCUT2D eigenvalue weighted by molar-refractivity contribution is 5.94. The van der Waals surface area contributed by atoms with E-state index in [-0.39, 0.29) is 5.91 Å². The van der Waals surface area contributed by atoms with E-state index in [0.29, 0.717) is 30.0 Å². The first-order valence-corrected chi connectivity index (χ1v) is 6.02. The van der Waals surface area contributed by atoms with Crippen molar-refractivity contribution < 1.29 is 14.3 Å². The number of anilines is 1. The summed E-state index contributed by atoms with van der Waals surface area (Å²) in [5.41, 5.74) is 1.57. The van der Waals surface area contributed by atoms with E-state index in [0.717, 1.165) is 6.42 Å². The summed E-state index contributed by atoms with van der Waals surface area (Å²) in [6.07, 6.45) is 2.67. The van der Waals surface area contributed by atoms with Crippen molar-refractivity contribution >= 4 is 17.6 Å². The van der Waals surface area contributed by atoms with Gasteiger partial charge in [-0.1, -0.05) is 6.92 Å². The van der Waals surface area contributed by atoms with Crippen LogP contribution in [0.2, 0.25) is 0 Å². The van der Waals surface area contributed by atoms with Crippen LogP contribution in [-0.2, 0) is 9.53 Å². The zero-order valence-electron chi connectivity index (χ0n) is 10.9. The van der Waals surface area contributed by atoms with E-state index in [4.69, 9.17) is 4.74 Å². The van der Waals surface area contributed by atoms with Crippen LogP contribution in [0.5, 0.6) is 0 Å². The van der Waals surface area contributed by atoms with Crippen LogP contribution < -0.4 is 5.32 Å². The monoisotopic (exact) mass is 250 g/mol. The summed E-state index contributed by atoms with van der Waals surface area (Å²) in [7, 11) is 0. The minimum Gasteiger partial charge on any atom is -0.462 e. The zero-order valence-corrected chi connectivity index (χ0v) is 10.9. The summed E-state index contributed by atoms with van der Waals surface area (Å²) in [5.74, 6) is -0.514. The molecule has 0 aromatic carbocycles. The predicted octanol–water partition coefficient (Wildman–Crippen LogP) is 2.31. The third kappa shape index (κ3) is 3.84. The summed E-state index contributed by atoms with van der Waals surface area (Å²) in [4.78, 5) is 27.1. The topological polar surface area (TPSA) is 68.3 Å². The van der Waals surface area contributed by atoms with Crippen molar-refractivity contribution in [3.8, 4) is 0 Å². The molecule has 0 fully saturated rings. The standard InChI is InChI=1S/C13H18N2O3/c1-4-6-12(16)15-11-7-10(8-14-9(11)3)13(17)18-5-2/h7-8H,4-6H2,1-3H3,(H,15,16). The van der Waals surface area contributed by atoms with Gasteiger partial charge in [-0.25, -0.2) is 4.79 Å². The number of rotatable bonds is 5. The van der Waals surface area contributed by atoms with Crippen molar-refractivity contribution in [1.29, 1.82) is 0 Å². The van der Waals surface area contributed by atoms with Crippen molar-refractivity contribution in [3.05, 3.63) is 23.5 Å². The second kappa shape index (κ2) is 6.74. The lowest BCUT2D eigenvalue weighted by atomic mass is 10.2. The van der Waals surface area contributed by atoms with Gasteiger partial charge in [0.05, 0.1) is 23.6 Å². The SMILES string of the molecule is CCCC(=O)Nc1cc(C(=O)OCC)cnc1C. The van der Waals surface area contributed by atoms with Gasteiger partial charge in [0.1, 0.15) is 0 Å². The number of amides is 1. The van der Waals surface area contributed by atoms with Gasteiger partial charge in [-0.2, -0.15) is 0 Å². The molecule has 0 saturated carbocycles. The summed E-state index contributed by atoms with van der Waals surface area (Å²) in [5, 5.41) is 2.74. The van der Waals surface area contributed by atoms with Crippen LogP contribution in [0.4, 0.5) is 5.69 Å². The smallest absolute Gasteiger partial charge is 0.339 e. The molecule has 1 aromatic rings. The van der Waals surface area contributed by atoms with E-state index in [2.05, 4.69) is 10.3 Å². The Hall–Kier alpha value is -1.91. The third-order valence-electron chi connectivity index (χ3n) is 2.35. The summed E-state index contributed by atoms with van der Waals surface area (Å²) < 4.78 is 4.88. The number of carbonyl (C=O) groups excluding carboxylic acids is 2. The highest BCUT2D eigenvalue weighted by Crippen LogP contribution is 2.15. The molecule has 0 atom stereocenters. The highest BCUT2D eigenvalue weighted by atomic mass is 16.5.